The van der Waals surface area contributed by atoms with Crippen molar-refractivity contribution in [3.8, 4) is 0 Å². The number of hydrogen-bond donors (Lipinski definition) is 0. The van der Waals surface area contributed by atoms with E-state index in [-0.39, 0.29) is 5.97 Å². The van der Waals surface area contributed by atoms with Gasteiger partial charge in [0, 0.05) is 0 Å². The Labute approximate surface area is 149 Å². The highest BCUT2D eigenvalue weighted by Gasteiger charge is 2.34. The van der Waals surface area contributed by atoms with Gasteiger partial charge in [-0.25, -0.2) is 4.79 Å². The second-order valence-electron chi connectivity index (χ2n) is 7.18. The maximum absolute atomic E-state index is 12.7. The lowest BCUT2D eigenvalue weighted by atomic mass is 9.99. The quantitative estimate of drug-likeness (QED) is 0.780. The molecule has 130 valence electrons. The number of nitrogens with zero attached hydrogens (tertiary/aromatic N) is 2. The minimum atomic E-state index is -0.511. The van der Waals surface area contributed by atoms with Crippen molar-refractivity contribution >= 4 is 17.4 Å². The average Bonchev–Trinajstić information content (AvgIpc) is 2.61. The van der Waals surface area contributed by atoms with Gasteiger partial charge >= 0.3 is 5.97 Å². The summed E-state index contributed by atoms with van der Waals surface area (Å²) in [6.45, 7) is 5.66. The molecule has 1 aliphatic heterocycles. The van der Waals surface area contributed by atoms with Crippen molar-refractivity contribution in [1.29, 1.82) is 0 Å². The number of anilines is 1. The maximum atomic E-state index is 12.7. The van der Waals surface area contributed by atoms with Crippen LogP contribution < -0.4 is 5.01 Å². The molecule has 0 saturated carbocycles. The normalized spacial score (nSPS) is 17.8. The lowest BCUT2D eigenvalue weighted by molar-refractivity contribution is -0.156. The number of para-hydroxylation sites is 1. The molecule has 1 unspecified atom stereocenters. The van der Waals surface area contributed by atoms with Gasteiger partial charge in [-0.15, -0.1) is 0 Å². The van der Waals surface area contributed by atoms with Gasteiger partial charge in [-0.05, 0) is 51.3 Å². The standard InChI is InChI=1S/C21H24N2O2/c1-21(2,3)25-20(24)19-15-14-18(16-10-6-4-7-11-16)22-23(19)17-12-8-5-9-13-17/h4-13,19H,14-15H2,1-3H3. The zero-order valence-corrected chi connectivity index (χ0v) is 15.0. The highest BCUT2D eigenvalue weighted by Crippen LogP contribution is 2.27. The summed E-state index contributed by atoms with van der Waals surface area (Å²) in [5, 5.41) is 6.61. The van der Waals surface area contributed by atoms with Gasteiger partial charge in [-0.2, -0.15) is 5.10 Å². The highest BCUT2D eigenvalue weighted by molar-refractivity contribution is 6.02. The molecule has 0 radical (unpaired) electrons. The Bertz CT molecular complexity index is 748. The van der Waals surface area contributed by atoms with Crippen LogP contribution in [0.25, 0.3) is 0 Å². The summed E-state index contributed by atoms with van der Waals surface area (Å²) < 4.78 is 5.62. The minimum Gasteiger partial charge on any atom is -0.458 e. The van der Waals surface area contributed by atoms with Gasteiger partial charge in [-0.3, -0.25) is 5.01 Å². The Hall–Kier alpha value is -2.62. The van der Waals surface area contributed by atoms with Crippen LogP contribution in [0.4, 0.5) is 5.69 Å². The molecule has 2 aromatic rings. The van der Waals surface area contributed by atoms with Crippen LogP contribution in [0.3, 0.4) is 0 Å². The second kappa shape index (κ2) is 7.09. The third-order valence-corrected chi connectivity index (χ3v) is 3.98. The van der Waals surface area contributed by atoms with Gasteiger partial charge < -0.3 is 4.74 Å². The van der Waals surface area contributed by atoms with Crippen LogP contribution in [-0.4, -0.2) is 23.3 Å². The van der Waals surface area contributed by atoms with E-state index < -0.39 is 11.6 Å². The van der Waals surface area contributed by atoms with Crippen molar-refractivity contribution in [3.05, 3.63) is 66.2 Å². The van der Waals surface area contributed by atoms with Gasteiger partial charge in [0.2, 0.25) is 0 Å². The number of hydrazone groups is 1. The van der Waals surface area contributed by atoms with Gasteiger partial charge in [0.15, 0.2) is 6.04 Å². The molecular formula is C21H24N2O2. The molecule has 3 rings (SSSR count). The highest BCUT2D eigenvalue weighted by atomic mass is 16.6. The predicted octanol–water partition coefficient (Wildman–Crippen LogP) is 4.40. The summed E-state index contributed by atoms with van der Waals surface area (Å²) in [6, 6.07) is 19.5. The van der Waals surface area contributed by atoms with Gasteiger partial charge in [-0.1, -0.05) is 48.5 Å². The third kappa shape index (κ3) is 4.27. The van der Waals surface area contributed by atoms with Crippen molar-refractivity contribution in [2.45, 2.75) is 45.3 Å². The number of ether oxygens (including phenoxy) is 1. The second-order valence-corrected chi connectivity index (χ2v) is 7.18. The first-order valence-corrected chi connectivity index (χ1v) is 8.64. The molecule has 1 atom stereocenters. The van der Waals surface area contributed by atoms with Gasteiger partial charge in [0.05, 0.1) is 11.4 Å². The number of esters is 1. The molecule has 0 spiro atoms. The van der Waals surface area contributed by atoms with Gasteiger partial charge in [0.25, 0.3) is 0 Å². The zero-order chi connectivity index (χ0) is 17.9. The molecule has 0 saturated heterocycles. The fraction of sp³-hybridized carbons (Fsp3) is 0.333. The molecule has 1 aliphatic rings. The molecule has 0 aliphatic carbocycles. The molecule has 0 N–H and O–H groups in total. The molecule has 0 bridgehead atoms. The first kappa shape index (κ1) is 17.2. The number of carbonyl (C=O) groups excluding carboxylic acids is 1. The molecule has 0 fully saturated rings. The van der Waals surface area contributed by atoms with Crippen LogP contribution in [0.15, 0.2) is 65.8 Å². The monoisotopic (exact) mass is 336 g/mol. The third-order valence-electron chi connectivity index (χ3n) is 3.98. The number of rotatable bonds is 3. The van der Waals surface area contributed by atoms with Gasteiger partial charge in [0.1, 0.15) is 5.60 Å². The first-order valence-electron chi connectivity index (χ1n) is 8.64. The first-order chi connectivity index (χ1) is 11.9. The SMILES string of the molecule is CC(C)(C)OC(=O)C1CCC(c2ccccc2)=NN1c1ccccc1. The summed E-state index contributed by atoms with van der Waals surface area (Å²) in [5.41, 5.74) is 2.46. The van der Waals surface area contributed by atoms with E-state index in [0.29, 0.717) is 6.42 Å². The van der Waals surface area contributed by atoms with E-state index in [1.54, 1.807) is 5.01 Å². The smallest absolute Gasteiger partial charge is 0.331 e. The van der Waals surface area contributed by atoms with Crippen LogP contribution in [0, 0.1) is 0 Å². The van der Waals surface area contributed by atoms with E-state index >= 15 is 0 Å². The van der Waals surface area contributed by atoms with Crippen LogP contribution in [0.5, 0.6) is 0 Å². The van der Waals surface area contributed by atoms with Crippen molar-refractivity contribution in [2.24, 2.45) is 5.10 Å². The van der Waals surface area contributed by atoms with Crippen LogP contribution in [-0.2, 0) is 9.53 Å². The summed E-state index contributed by atoms with van der Waals surface area (Å²) in [6.07, 6.45) is 1.43. The molecule has 0 amide bonds. The summed E-state index contributed by atoms with van der Waals surface area (Å²) in [5.74, 6) is -0.229. The molecule has 4 nitrogen and oxygen atoms in total. The molecule has 2 aromatic carbocycles. The van der Waals surface area contributed by atoms with E-state index in [2.05, 4.69) is 12.1 Å². The Kier molecular flexibility index (Phi) is 4.88. The Morgan fingerprint density at radius 2 is 1.64 bits per heavy atom. The molecule has 1 heterocycles. The molecule has 0 aromatic heterocycles. The zero-order valence-electron chi connectivity index (χ0n) is 15.0. The molecular weight excluding hydrogens is 312 g/mol. The fourth-order valence-electron chi connectivity index (χ4n) is 2.88. The predicted molar refractivity (Wildman–Crippen MR) is 101 cm³/mol. The Balaban J connectivity index is 1.95. The Morgan fingerprint density at radius 1 is 1.04 bits per heavy atom. The van der Waals surface area contributed by atoms with E-state index in [1.807, 2.05) is 69.3 Å². The van der Waals surface area contributed by atoms with E-state index in [0.717, 1.165) is 23.4 Å². The van der Waals surface area contributed by atoms with Crippen LogP contribution in [0.2, 0.25) is 0 Å². The van der Waals surface area contributed by atoms with Crippen LogP contribution >= 0.6 is 0 Å². The fourth-order valence-corrected chi connectivity index (χ4v) is 2.88. The van der Waals surface area contributed by atoms with E-state index in [1.165, 1.54) is 0 Å². The lowest BCUT2D eigenvalue weighted by Gasteiger charge is -2.34. The minimum absolute atomic E-state index is 0.229. The topological polar surface area (TPSA) is 41.9 Å². The van der Waals surface area contributed by atoms with E-state index in [4.69, 9.17) is 9.84 Å². The Morgan fingerprint density at radius 3 is 2.24 bits per heavy atom. The van der Waals surface area contributed by atoms with Crippen molar-refractivity contribution in [1.82, 2.24) is 0 Å². The number of hydrogen-bond acceptors (Lipinski definition) is 4. The van der Waals surface area contributed by atoms with Crippen molar-refractivity contribution in [3.63, 3.8) is 0 Å². The maximum Gasteiger partial charge on any atom is 0.331 e. The molecule has 4 heteroatoms. The van der Waals surface area contributed by atoms with Crippen molar-refractivity contribution < 1.29 is 9.53 Å². The van der Waals surface area contributed by atoms with Crippen LogP contribution in [0.1, 0.15) is 39.2 Å². The summed E-state index contributed by atoms with van der Waals surface area (Å²) in [4.78, 5) is 12.7. The molecule has 25 heavy (non-hydrogen) atoms. The number of carbonyl (C=O) groups is 1. The van der Waals surface area contributed by atoms with E-state index in [9.17, 15) is 4.79 Å². The lowest BCUT2D eigenvalue weighted by Crippen LogP contribution is -2.45. The number of benzene rings is 2. The summed E-state index contributed by atoms with van der Waals surface area (Å²) in [7, 11) is 0. The average molecular weight is 336 g/mol. The van der Waals surface area contributed by atoms with Crippen molar-refractivity contribution in [2.75, 3.05) is 5.01 Å². The summed E-state index contributed by atoms with van der Waals surface area (Å²) >= 11 is 0. The largest absolute Gasteiger partial charge is 0.458 e.